The number of nitrogens with zero attached hydrogens (tertiary/aromatic N) is 2. The minimum Gasteiger partial charge on any atom is -0.465 e. The van der Waals surface area contributed by atoms with Gasteiger partial charge in [-0.1, -0.05) is 36.4 Å². The van der Waals surface area contributed by atoms with Crippen molar-refractivity contribution in [2.75, 3.05) is 24.3 Å². The summed E-state index contributed by atoms with van der Waals surface area (Å²) in [7, 11) is 1.36. The zero-order valence-electron chi connectivity index (χ0n) is 15.2. The molecule has 1 aromatic heterocycles. The van der Waals surface area contributed by atoms with Crippen LogP contribution >= 0.6 is 0 Å². The molecule has 3 rings (SSSR count). The first-order valence-electron chi connectivity index (χ1n) is 8.81. The Balaban J connectivity index is 1.55. The van der Waals surface area contributed by atoms with E-state index in [2.05, 4.69) is 44.9 Å². The number of esters is 1. The first kappa shape index (κ1) is 18.4. The standard InChI is InChI=1S/C21H22N4O2/c1-27-20(26)17-10-5-11-18(15-17)24-19-12-14-23-21(25-19)22-13-6-9-16-7-3-2-4-8-16/h2-5,7-8,10-12,14-15H,6,9,13H2,1H3,(H2,22,23,24,25). The molecule has 0 radical (unpaired) electrons. The fourth-order valence-corrected chi connectivity index (χ4v) is 2.64. The highest BCUT2D eigenvalue weighted by molar-refractivity contribution is 5.90. The number of hydrogen-bond donors (Lipinski definition) is 2. The second kappa shape index (κ2) is 9.33. The predicted molar refractivity (Wildman–Crippen MR) is 106 cm³/mol. The number of aromatic nitrogens is 2. The zero-order chi connectivity index (χ0) is 18.9. The van der Waals surface area contributed by atoms with Gasteiger partial charge >= 0.3 is 5.97 Å². The van der Waals surface area contributed by atoms with Crippen LogP contribution < -0.4 is 10.6 Å². The fraction of sp³-hybridized carbons (Fsp3) is 0.190. The average Bonchev–Trinajstić information content (AvgIpc) is 2.72. The summed E-state index contributed by atoms with van der Waals surface area (Å²) in [5.41, 5.74) is 2.56. The van der Waals surface area contributed by atoms with Gasteiger partial charge in [0, 0.05) is 18.4 Å². The van der Waals surface area contributed by atoms with Crippen LogP contribution in [0.4, 0.5) is 17.5 Å². The van der Waals surface area contributed by atoms with Crippen LogP contribution in [0.5, 0.6) is 0 Å². The van der Waals surface area contributed by atoms with E-state index in [1.807, 2.05) is 12.1 Å². The highest BCUT2D eigenvalue weighted by Crippen LogP contribution is 2.17. The number of carbonyl (C=O) groups excluding carboxylic acids is 1. The van der Waals surface area contributed by atoms with Crippen LogP contribution in [0.1, 0.15) is 22.3 Å². The van der Waals surface area contributed by atoms with E-state index in [4.69, 9.17) is 4.74 Å². The van der Waals surface area contributed by atoms with Crippen molar-refractivity contribution >= 4 is 23.4 Å². The Morgan fingerprint density at radius 3 is 2.74 bits per heavy atom. The molecular weight excluding hydrogens is 340 g/mol. The van der Waals surface area contributed by atoms with E-state index in [9.17, 15) is 4.79 Å². The molecule has 0 amide bonds. The van der Waals surface area contributed by atoms with Gasteiger partial charge in [0.25, 0.3) is 0 Å². The number of aryl methyl sites for hydroxylation is 1. The van der Waals surface area contributed by atoms with E-state index < -0.39 is 0 Å². The molecule has 2 N–H and O–H groups in total. The van der Waals surface area contributed by atoms with Crippen molar-refractivity contribution < 1.29 is 9.53 Å². The van der Waals surface area contributed by atoms with Gasteiger partial charge in [-0.25, -0.2) is 9.78 Å². The molecule has 0 saturated carbocycles. The third-order valence-electron chi connectivity index (χ3n) is 3.98. The number of benzene rings is 2. The summed E-state index contributed by atoms with van der Waals surface area (Å²) >= 11 is 0. The number of anilines is 3. The van der Waals surface area contributed by atoms with Crippen LogP contribution in [-0.2, 0) is 11.2 Å². The minimum absolute atomic E-state index is 0.373. The van der Waals surface area contributed by atoms with E-state index in [0.29, 0.717) is 17.3 Å². The van der Waals surface area contributed by atoms with Crippen molar-refractivity contribution in [1.29, 1.82) is 0 Å². The number of carbonyl (C=O) groups is 1. The summed E-state index contributed by atoms with van der Waals surface area (Å²) in [5.74, 6) is 0.844. The van der Waals surface area contributed by atoms with E-state index in [-0.39, 0.29) is 5.97 Å². The Kier molecular flexibility index (Phi) is 6.35. The average molecular weight is 362 g/mol. The lowest BCUT2D eigenvalue weighted by molar-refractivity contribution is 0.0601. The third-order valence-corrected chi connectivity index (χ3v) is 3.98. The topological polar surface area (TPSA) is 76.1 Å². The maximum Gasteiger partial charge on any atom is 0.337 e. The number of rotatable bonds is 8. The van der Waals surface area contributed by atoms with Crippen molar-refractivity contribution in [2.24, 2.45) is 0 Å². The van der Waals surface area contributed by atoms with Gasteiger partial charge in [0.1, 0.15) is 5.82 Å². The van der Waals surface area contributed by atoms with Crippen LogP contribution in [0, 0.1) is 0 Å². The van der Waals surface area contributed by atoms with Gasteiger partial charge in [0.2, 0.25) is 5.95 Å². The van der Waals surface area contributed by atoms with Crippen LogP contribution in [0.25, 0.3) is 0 Å². The van der Waals surface area contributed by atoms with Crippen LogP contribution in [0.3, 0.4) is 0 Å². The summed E-state index contributed by atoms with van der Waals surface area (Å²) in [5, 5.41) is 6.42. The molecule has 2 aromatic carbocycles. The molecule has 1 heterocycles. The predicted octanol–water partition coefficient (Wildman–Crippen LogP) is 4.05. The van der Waals surface area contributed by atoms with Gasteiger partial charge in [0.05, 0.1) is 12.7 Å². The largest absolute Gasteiger partial charge is 0.465 e. The van der Waals surface area contributed by atoms with Gasteiger partial charge < -0.3 is 15.4 Å². The van der Waals surface area contributed by atoms with Crippen LogP contribution in [0.15, 0.2) is 66.9 Å². The molecule has 0 aliphatic heterocycles. The molecule has 138 valence electrons. The number of methoxy groups -OCH3 is 1. The lowest BCUT2D eigenvalue weighted by Crippen LogP contribution is -2.07. The third kappa shape index (κ3) is 5.54. The Hall–Kier alpha value is -3.41. The van der Waals surface area contributed by atoms with Gasteiger partial charge in [-0.15, -0.1) is 0 Å². The maximum atomic E-state index is 11.6. The maximum absolute atomic E-state index is 11.6. The molecule has 0 aliphatic rings. The van der Waals surface area contributed by atoms with E-state index in [0.717, 1.165) is 25.1 Å². The Labute approximate surface area is 158 Å². The van der Waals surface area contributed by atoms with Gasteiger partial charge in [0.15, 0.2) is 0 Å². The van der Waals surface area contributed by atoms with Crippen LogP contribution in [-0.4, -0.2) is 29.6 Å². The molecule has 3 aromatic rings. The second-order valence-corrected chi connectivity index (χ2v) is 5.98. The molecule has 6 nitrogen and oxygen atoms in total. The summed E-state index contributed by atoms with van der Waals surface area (Å²) in [6, 6.07) is 19.2. The summed E-state index contributed by atoms with van der Waals surface area (Å²) in [6.45, 7) is 0.788. The lowest BCUT2D eigenvalue weighted by atomic mass is 10.1. The smallest absolute Gasteiger partial charge is 0.337 e. The van der Waals surface area contributed by atoms with E-state index in [1.54, 1.807) is 30.5 Å². The first-order valence-corrected chi connectivity index (χ1v) is 8.81. The quantitative estimate of drug-likeness (QED) is 0.465. The highest BCUT2D eigenvalue weighted by atomic mass is 16.5. The molecule has 0 atom stereocenters. The Morgan fingerprint density at radius 2 is 1.93 bits per heavy atom. The highest BCUT2D eigenvalue weighted by Gasteiger charge is 2.06. The Bertz CT molecular complexity index is 884. The fourth-order valence-electron chi connectivity index (χ4n) is 2.64. The van der Waals surface area contributed by atoms with Crippen molar-refractivity contribution in [1.82, 2.24) is 9.97 Å². The van der Waals surface area contributed by atoms with Crippen molar-refractivity contribution in [3.8, 4) is 0 Å². The number of hydrogen-bond acceptors (Lipinski definition) is 6. The Morgan fingerprint density at radius 1 is 1.07 bits per heavy atom. The molecular formula is C21H22N4O2. The molecule has 27 heavy (non-hydrogen) atoms. The normalized spacial score (nSPS) is 10.3. The molecule has 0 unspecified atom stereocenters. The van der Waals surface area contributed by atoms with Crippen molar-refractivity contribution in [3.63, 3.8) is 0 Å². The monoisotopic (exact) mass is 362 g/mol. The van der Waals surface area contributed by atoms with Gasteiger partial charge in [-0.2, -0.15) is 4.98 Å². The summed E-state index contributed by atoms with van der Waals surface area (Å²) in [6.07, 6.45) is 3.69. The summed E-state index contributed by atoms with van der Waals surface area (Å²) in [4.78, 5) is 20.3. The zero-order valence-corrected chi connectivity index (χ0v) is 15.2. The van der Waals surface area contributed by atoms with Crippen molar-refractivity contribution in [3.05, 3.63) is 78.0 Å². The first-order chi connectivity index (χ1) is 13.2. The number of ether oxygens (including phenoxy) is 1. The lowest BCUT2D eigenvalue weighted by Gasteiger charge is -2.09. The van der Waals surface area contributed by atoms with E-state index in [1.165, 1.54) is 12.7 Å². The molecule has 0 aliphatic carbocycles. The molecule has 6 heteroatoms. The molecule has 0 bridgehead atoms. The van der Waals surface area contributed by atoms with E-state index >= 15 is 0 Å². The SMILES string of the molecule is COC(=O)c1cccc(Nc2ccnc(NCCCc3ccccc3)n2)c1. The van der Waals surface area contributed by atoms with Crippen molar-refractivity contribution in [2.45, 2.75) is 12.8 Å². The number of nitrogens with one attached hydrogen (secondary N) is 2. The summed E-state index contributed by atoms with van der Waals surface area (Å²) < 4.78 is 4.75. The van der Waals surface area contributed by atoms with Gasteiger partial charge in [-0.05, 0) is 42.7 Å². The van der Waals surface area contributed by atoms with Crippen LogP contribution in [0.2, 0.25) is 0 Å². The molecule has 0 spiro atoms. The second-order valence-electron chi connectivity index (χ2n) is 5.98. The van der Waals surface area contributed by atoms with Gasteiger partial charge in [-0.3, -0.25) is 0 Å². The molecule has 0 saturated heterocycles. The minimum atomic E-state index is -0.373. The molecule has 0 fully saturated rings.